The minimum absolute atomic E-state index is 0.0325. The minimum atomic E-state index is -1.40. The van der Waals surface area contributed by atoms with Crippen molar-refractivity contribution in [2.45, 2.75) is 18.5 Å². The third kappa shape index (κ3) is 3.73. The topological polar surface area (TPSA) is 47.6 Å². The van der Waals surface area contributed by atoms with E-state index in [-0.39, 0.29) is 12.5 Å². The zero-order chi connectivity index (χ0) is 15.3. The van der Waals surface area contributed by atoms with E-state index in [0.29, 0.717) is 42.9 Å². The van der Waals surface area contributed by atoms with Crippen LogP contribution in [0.2, 0.25) is 0 Å². The number of terminal acetylenes is 1. The van der Waals surface area contributed by atoms with Gasteiger partial charge in [-0.25, -0.2) is 4.39 Å². The second-order valence-electron chi connectivity index (χ2n) is 5.01. The van der Waals surface area contributed by atoms with Gasteiger partial charge in [0.05, 0.1) is 19.2 Å². The fourth-order valence-corrected chi connectivity index (χ4v) is 2.22. The summed E-state index contributed by atoms with van der Waals surface area (Å²) in [5, 5.41) is 2.62. The maximum Gasteiger partial charge on any atom is 0.255 e. The van der Waals surface area contributed by atoms with Crippen LogP contribution in [-0.2, 0) is 4.74 Å². The van der Waals surface area contributed by atoms with Crippen molar-refractivity contribution in [3.05, 3.63) is 29.3 Å². The number of benzene rings is 1. The third-order valence-corrected chi connectivity index (χ3v) is 3.57. The van der Waals surface area contributed by atoms with Crippen LogP contribution in [0.3, 0.4) is 0 Å². The summed E-state index contributed by atoms with van der Waals surface area (Å²) in [5.74, 6) is 2.47. The average Bonchev–Trinajstić information content (AvgIpc) is 2.52. The molecule has 0 atom stereocenters. The van der Waals surface area contributed by atoms with Gasteiger partial charge in [0.1, 0.15) is 11.4 Å². The normalized spacial score (nSPS) is 16.8. The number of amides is 1. The summed E-state index contributed by atoms with van der Waals surface area (Å²) in [6.45, 7) is 0.731. The molecule has 0 aromatic heterocycles. The molecule has 0 unspecified atom stereocenters. The molecule has 0 spiro atoms. The Hall–Kier alpha value is -2.06. The van der Waals surface area contributed by atoms with Crippen LogP contribution in [0.5, 0.6) is 5.75 Å². The molecule has 1 amide bonds. The fraction of sp³-hybridized carbons (Fsp3) is 0.438. The molecule has 4 nitrogen and oxygen atoms in total. The van der Waals surface area contributed by atoms with E-state index in [1.807, 2.05) is 0 Å². The molecule has 0 saturated carbocycles. The molecular formula is C16H18FNO3. The van der Waals surface area contributed by atoms with Gasteiger partial charge in [0.2, 0.25) is 0 Å². The third-order valence-electron chi connectivity index (χ3n) is 3.57. The molecule has 0 radical (unpaired) electrons. The Morgan fingerprint density at radius 3 is 2.86 bits per heavy atom. The Kier molecular flexibility index (Phi) is 4.81. The molecule has 21 heavy (non-hydrogen) atoms. The monoisotopic (exact) mass is 291 g/mol. The van der Waals surface area contributed by atoms with Crippen LogP contribution in [0, 0.1) is 12.3 Å². The van der Waals surface area contributed by atoms with E-state index in [1.165, 1.54) is 7.11 Å². The summed E-state index contributed by atoms with van der Waals surface area (Å²) in [5.41, 5.74) is -0.443. The van der Waals surface area contributed by atoms with Crippen molar-refractivity contribution in [3.8, 4) is 18.1 Å². The largest absolute Gasteiger partial charge is 0.496 e. The van der Waals surface area contributed by atoms with Crippen LogP contribution in [0.15, 0.2) is 18.2 Å². The number of carbonyl (C=O) groups is 1. The van der Waals surface area contributed by atoms with Gasteiger partial charge in [-0.1, -0.05) is 5.92 Å². The Balaban J connectivity index is 2.05. The van der Waals surface area contributed by atoms with Crippen LogP contribution in [-0.4, -0.2) is 38.4 Å². The van der Waals surface area contributed by atoms with Crippen molar-refractivity contribution < 1.29 is 18.7 Å². The molecule has 1 N–H and O–H groups in total. The van der Waals surface area contributed by atoms with Crippen LogP contribution in [0.4, 0.5) is 4.39 Å². The van der Waals surface area contributed by atoms with Crippen LogP contribution < -0.4 is 10.1 Å². The number of alkyl halides is 1. The van der Waals surface area contributed by atoms with Crippen molar-refractivity contribution in [1.82, 2.24) is 5.32 Å². The number of carbonyl (C=O) groups excluding carboxylic acids is 1. The molecule has 1 fully saturated rings. The molecule has 1 aromatic rings. The van der Waals surface area contributed by atoms with E-state index in [2.05, 4.69) is 11.2 Å². The molecule has 112 valence electrons. The van der Waals surface area contributed by atoms with Crippen LogP contribution in [0.25, 0.3) is 0 Å². The van der Waals surface area contributed by atoms with E-state index < -0.39 is 5.67 Å². The highest BCUT2D eigenvalue weighted by atomic mass is 19.1. The highest BCUT2D eigenvalue weighted by molar-refractivity contribution is 5.97. The van der Waals surface area contributed by atoms with Crippen molar-refractivity contribution in [1.29, 1.82) is 0 Å². The summed E-state index contributed by atoms with van der Waals surface area (Å²) >= 11 is 0. The first-order valence-electron chi connectivity index (χ1n) is 6.77. The Labute approximate surface area is 123 Å². The predicted molar refractivity (Wildman–Crippen MR) is 77.2 cm³/mol. The summed E-state index contributed by atoms with van der Waals surface area (Å²) in [7, 11) is 1.46. The molecule has 1 aliphatic rings. The maximum absolute atomic E-state index is 14.4. The first kappa shape index (κ1) is 15.3. The number of ether oxygens (including phenoxy) is 2. The minimum Gasteiger partial charge on any atom is -0.496 e. The van der Waals surface area contributed by atoms with E-state index in [4.69, 9.17) is 15.9 Å². The van der Waals surface area contributed by atoms with E-state index in [0.717, 1.165) is 0 Å². The summed E-state index contributed by atoms with van der Waals surface area (Å²) in [4.78, 5) is 12.2. The fourth-order valence-electron chi connectivity index (χ4n) is 2.22. The molecule has 1 heterocycles. The number of rotatable bonds is 4. The number of hydrogen-bond donors (Lipinski definition) is 1. The van der Waals surface area contributed by atoms with E-state index >= 15 is 0 Å². The maximum atomic E-state index is 14.4. The molecule has 0 aliphatic carbocycles. The second kappa shape index (κ2) is 6.59. The lowest BCUT2D eigenvalue weighted by molar-refractivity contribution is -0.00739. The van der Waals surface area contributed by atoms with Gasteiger partial charge in [-0.05, 0) is 18.2 Å². The second-order valence-corrected chi connectivity index (χ2v) is 5.01. The smallest absolute Gasteiger partial charge is 0.255 e. The van der Waals surface area contributed by atoms with Gasteiger partial charge in [-0.2, -0.15) is 0 Å². The first-order chi connectivity index (χ1) is 10.1. The van der Waals surface area contributed by atoms with Gasteiger partial charge in [0.25, 0.3) is 5.91 Å². The Morgan fingerprint density at radius 1 is 1.52 bits per heavy atom. The lowest BCUT2D eigenvalue weighted by Crippen LogP contribution is -2.43. The molecule has 5 heteroatoms. The average molecular weight is 291 g/mol. The zero-order valence-electron chi connectivity index (χ0n) is 11.9. The van der Waals surface area contributed by atoms with Gasteiger partial charge < -0.3 is 14.8 Å². The Morgan fingerprint density at radius 2 is 2.24 bits per heavy atom. The lowest BCUT2D eigenvalue weighted by atomic mass is 9.96. The molecule has 1 saturated heterocycles. The van der Waals surface area contributed by atoms with Gasteiger partial charge in [-0.15, -0.1) is 6.42 Å². The van der Waals surface area contributed by atoms with Crippen molar-refractivity contribution >= 4 is 5.91 Å². The van der Waals surface area contributed by atoms with Gasteiger partial charge in [-0.3, -0.25) is 4.79 Å². The lowest BCUT2D eigenvalue weighted by Gasteiger charge is -2.29. The molecule has 0 bridgehead atoms. The zero-order valence-corrected chi connectivity index (χ0v) is 11.9. The highest BCUT2D eigenvalue weighted by Gasteiger charge is 2.32. The van der Waals surface area contributed by atoms with Crippen molar-refractivity contribution in [2.75, 3.05) is 26.9 Å². The highest BCUT2D eigenvalue weighted by Crippen LogP contribution is 2.25. The first-order valence-corrected chi connectivity index (χ1v) is 6.77. The standard InChI is InChI=1S/C16H18FNO3/c1-3-12-4-5-13(14(10-12)20-2)15(19)18-11-16(17)6-8-21-9-7-16/h1,4-5,10H,6-9,11H2,2H3,(H,18,19). The molecule has 2 rings (SSSR count). The van der Waals surface area contributed by atoms with Gasteiger partial charge in [0, 0.05) is 31.6 Å². The van der Waals surface area contributed by atoms with Crippen molar-refractivity contribution in [3.63, 3.8) is 0 Å². The summed E-state index contributed by atoms with van der Waals surface area (Å²) < 4.78 is 24.7. The molecular weight excluding hydrogens is 273 g/mol. The van der Waals surface area contributed by atoms with Crippen LogP contribution >= 0.6 is 0 Å². The van der Waals surface area contributed by atoms with E-state index in [9.17, 15) is 9.18 Å². The SMILES string of the molecule is C#Cc1ccc(C(=O)NCC2(F)CCOCC2)c(OC)c1. The van der Waals surface area contributed by atoms with Gasteiger partial charge in [0.15, 0.2) is 0 Å². The summed E-state index contributed by atoms with van der Waals surface area (Å²) in [6, 6.07) is 4.84. The molecule has 1 aromatic carbocycles. The number of methoxy groups -OCH3 is 1. The number of hydrogen-bond acceptors (Lipinski definition) is 3. The number of nitrogens with one attached hydrogen (secondary N) is 1. The summed E-state index contributed by atoms with van der Waals surface area (Å²) in [6.07, 6.45) is 5.89. The molecule has 1 aliphatic heterocycles. The number of halogens is 1. The van der Waals surface area contributed by atoms with Crippen LogP contribution in [0.1, 0.15) is 28.8 Å². The van der Waals surface area contributed by atoms with Gasteiger partial charge >= 0.3 is 0 Å². The van der Waals surface area contributed by atoms with Crippen molar-refractivity contribution in [2.24, 2.45) is 0 Å². The van der Waals surface area contributed by atoms with E-state index in [1.54, 1.807) is 18.2 Å². The Bertz CT molecular complexity index is 559. The predicted octanol–water partition coefficient (Wildman–Crippen LogP) is 1.93. The quantitative estimate of drug-likeness (QED) is 0.862.